The third-order valence-corrected chi connectivity index (χ3v) is 3.59. The van der Waals surface area contributed by atoms with Gasteiger partial charge in [0.05, 0.1) is 6.04 Å². The first-order valence-corrected chi connectivity index (χ1v) is 8.56. The van der Waals surface area contributed by atoms with Gasteiger partial charge in [-0.1, -0.05) is 58.0 Å². The van der Waals surface area contributed by atoms with Gasteiger partial charge in [-0.25, -0.2) is 4.79 Å². The summed E-state index contributed by atoms with van der Waals surface area (Å²) in [6.45, 7) is 8.21. The molecule has 134 valence electrons. The molecule has 1 aromatic rings. The van der Waals surface area contributed by atoms with Crippen LogP contribution in [0.3, 0.4) is 0 Å². The molecule has 0 bridgehead atoms. The van der Waals surface area contributed by atoms with Crippen LogP contribution in [0, 0.1) is 11.8 Å². The number of carbonyl (C=O) groups excluding carboxylic acids is 2. The highest BCUT2D eigenvalue weighted by Gasteiger charge is 2.26. The molecule has 0 radical (unpaired) electrons. The van der Waals surface area contributed by atoms with Gasteiger partial charge in [0.25, 0.3) is 0 Å². The summed E-state index contributed by atoms with van der Waals surface area (Å²) in [5.74, 6) is -0.149. The lowest BCUT2D eigenvalue weighted by Gasteiger charge is -2.22. The molecule has 3 N–H and O–H groups in total. The van der Waals surface area contributed by atoms with Crippen molar-refractivity contribution in [1.82, 2.24) is 5.32 Å². The van der Waals surface area contributed by atoms with Crippen molar-refractivity contribution in [2.75, 3.05) is 0 Å². The zero-order chi connectivity index (χ0) is 18.1. The van der Waals surface area contributed by atoms with E-state index in [2.05, 4.69) is 5.32 Å². The molecule has 5 nitrogen and oxygen atoms in total. The third-order valence-electron chi connectivity index (χ3n) is 3.59. The minimum atomic E-state index is -0.667. The Balaban J connectivity index is 2.62. The van der Waals surface area contributed by atoms with Crippen LogP contribution in [-0.4, -0.2) is 24.0 Å². The van der Waals surface area contributed by atoms with Gasteiger partial charge < -0.3 is 15.8 Å². The lowest BCUT2D eigenvalue weighted by Crippen LogP contribution is -2.49. The predicted octanol–water partition coefficient (Wildman–Crippen LogP) is 2.63. The van der Waals surface area contributed by atoms with E-state index in [0.717, 1.165) is 5.56 Å². The smallest absolute Gasteiger partial charge is 0.328 e. The van der Waals surface area contributed by atoms with Crippen LogP contribution in [-0.2, 0) is 20.9 Å². The first-order valence-electron chi connectivity index (χ1n) is 8.56. The van der Waals surface area contributed by atoms with E-state index in [-0.39, 0.29) is 18.4 Å². The van der Waals surface area contributed by atoms with Crippen LogP contribution in [0.4, 0.5) is 0 Å². The highest BCUT2D eigenvalue weighted by molar-refractivity contribution is 5.87. The molecule has 0 aliphatic carbocycles. The number of carbonyl (C=O) groups is 2. The van der Waals surface area contributed by atoms with Crippen LogP contribution in [0.5, 0.6) is 0 Å². The quantitative estimate of drug-likeness (QED) is 0.680. The molecule has 0 spiro atoms. The summed E-state index contributed by atoms with van der Waals surface area (Å²) in [5.41, 5.74) is 6.81. The minimum Gasteiger partial charge on any atom is -0.459 e. The van der Waals surface area contributed by atoms with E-state index in [1.165, 1.54) is 0 Å². The number of nitrogens with two attached hydrogens (primary N) is 1. The highest BCUT2D eigenvalue weighted by atomic mass is 16.5. The van der Waals surface area contributed by atoms with Gasteiger partial charge in [-0.2, -0.15) is 0 Å². The van der Waals surface area contributed by atoms with Gasteiger partial charge in [0.1, 0.15) is 12.6 Å². The van der Waals surface area contributed by atoms with Crippen molar-refractivity contribution < 1.29 is 14.3 Å². The van der Waals surface area contributed by atoms with Crippen molar-refractivity contribution in [3.63, 3.8) is 0 Å². The Kier molecular flexibility index (Phi) is 8.47. The standard InChI is InChI=1S/C19H30N2O3/c1-13(2)10-16(20)18(22)21-17(11-14(3)4)19(23)24-12-15-8-6-5-7-9-15/h5-9,13-14,16-17H,10-12,20H2,1-4H3,(H,21,22)/t16-,17+/m1/s1. The molecule has 1 aromatic carbocycles. The monoisotopic (exact) mass is 334 g/mol. The fraction of sp³-hybridized carbons (Fsp3) is 0.579. The van der Waals surface area contributed by atoms with Gasteiger partial charge in [0.2, 0.25) is 5.91 Å². The lowest BCUT2D eigenvalue weighted by molar-refractivity contribution is -0.149. The molecule has 1 rings (SSSR count). The number of nitrogens with one attached hydrogen (secondary N) is 1. The number of benzene rings is 1. The van der Waals surface area contributed by atoms with Crippen molar-refractivity contribution in [2.45, 2.75) is 59.2 Å². The number of ether oxygens (including phenoxy) is 1. The second-order valence-corrected chi connectivity index (χ2v) is 7.02. The fourth-order valence-electron chi connectivity index (χ4n) is 2.41. The second-order valence-electron chi connectivity index (χ2n) is 7.02. The Morgan fingerprint density at radius 3 is 2.17 bits per heavy atom. The molecule has 0 aromatic heterocycles. The van der Waals surface area contributed by atoms with E-state index >= 15 is 0 Å². The van der Waals surface area contributed by atoms with E-state index in [1.54, 1.807) is 0 Å². The molecule has 0 fully saturated rings. The summed E-state index contributed by atoms with van der Waals surface area (Å²) in [6.07, 6.45) is 1.10. The van der Waals surface area contributed by atoms with Gasteiger partial charge in [0, 0.05) is 0 Å². The zero-order valence-corrected chi connectivity index (χ0v) is 15.1. The Morgan fingerprint density at radius 1 is 1.04 bits per heavy atom. The van der Waals surface area contributed by atoms with Crippen molar-refractivity contribution in [3.05, 3.63) is 35.9 Å². The maximum atomic E-state index is 12.4. The predicted molar refractivity (Wildman–Crippen MR) is 95.1 cm³/mol. The molecular formula is C19H30N2O3. The van der Waals surface area contributed by atoms with Gasteiger partial charge >= 0.3 is 5.97 Å². The Hall–Kier alpha value is -1.88. The van der Waals surface area contributed by atoms with Crippen LogP contribution in [0.2, 0.25) is 0 Å². The summed E-state index contributed by atoms with van der Waals surface area (Å²) in [4.78, 5) is 24.6. The highest BCUT2D eigenvalue weighted by Crippen LogP contribution is 2.10. The molecule has 0 saturated heterocycles. The molecule has 5 heteroatoms. The van der Waals surface area contributed by atoms with E-state index in [1.807, 2.05) is 58.0 Å². The van der Waals surface area contributed by atoms with Gasteiger partial charge in [-0.05, 0) is 30.2 Å². The van der Waals surface area contributed by atoms with Crippen LogP contribution in [0.15, 0.2) is 30.3 Å². The molecule has 0 heterocycles. The zero-order valence-electron chi connectivity index (χ0n) is 15.1. The fourth-order valence-corrected chi connectivity index (χ4v) is 2.41. The van der Waals surface area contributed by atoms with Crippen LogP contribution >= 0.6 is 0 Å². The summed E-state index contributed by atoms with van der Waals surface area (Å²) >= 11 is 0. The summed E-state index contributed by atoms with van der Waals surface area (Å²) < 4.78 is 5.36. The first kappa shape index (κ1) is 20.2. The number of amides is 1. The van der Waals surface area contributed by atoms with Gasteiger partial charge in [0.15, 0.2) is 0 Å². The molecule has 0 unspecified atom stereocenters. The lowest BCUT2D eigenvalue weighted by atomic mass is 10.0. The average Bonchev–Trinajstić information content (AvgIpc) is 2.51. The van der Waals surface area contributed by atoms with E-state index in [4.69, 9.17) is 10.5 Å². The number of hydrogen-bond acceptors (Lipinski definition) is 4. The first-order chi connectivity index (χ1) is 11.3. The second kappa shape index (κ2) is 10.1. The van der Waals surface area contributed by atoms with Gasteiger partial charge in [-0.15, -0.1) is 0 Å². The molecule has 24 heavy (non-hydrogen) atoms. The van der Waals surface area contributed by atoms with Crippen LogP contribution in [0.25, 0.3) is 0 Å². The molecule has 0 aliphatic heterocycles. The van der Waals surface area contributed by atoms with E-state index in [0.29, 0.717) is 18.8 Å². The van der Waals surface area contributed by atoms with Crippen molar-refractivity contribution in [3.8, 4) is 0 Å². The van der Waals surface area contributed by atoms with Crippen LogP contribution in [0.1, 0.15) is 46.1 Å². The third kappa shape index (κ3) is 7.59. The van der Waals surface area contributed by atoms with Crippen molar-refractivity contribution >= 4 is 11.9 Å². The molecule has 1 amide bonds. The maximum absolute atomic E-state index is 12.4. The molecule has 0 aliphatic rings. The molecule has 2 atom stereocenters. The molecule has 0 saturated carbocycles. The van der Waals surface area contributed by atoms with Crippen LogP contribution < -0.4 is 11.1 Å². The minimum absolute atomic E-state index is 0.197. The van der Waals surface area contributed by atoms with Gasteiger partial charge in [-0.3, -0.25) is 4.79 Å². The number of rotatable bonds is 9. The summed E-state index contributed by atoms with van der Waals surface area (Å²) in [6, 6.07) is 8.19. The van der Waals surface area contributed by atoms with E-state index < -0.39 is 18.1 Å². The topological polar surface area (TPSA) is 81.4 Å². The Morgan fingerprint density at radius 2 is 1.62 bits per heavy atom. The number of esters is 1. The largest absolute Gasteiger partial charge is 0.459 e. The van der Waals surface area contributed by atoms with E-state index in [9.17, 15) is 9.59 Å². The molecular weight excluding hydrogens is 304 g/mol. The SMILES string of the molecule is CC(C)C[C@@H](N)C(=O)N[C@@H](CC(C)C)C(=O)OCc1ccccc1. The summed E-state index contributed by atoms with van der Waals surface area (Å²) in [7, 11) is 0. The van der Waals surface area contributed by atoms with Crippen molar-refractivity contribution in [1.29, 1.82) is 0 Å². The Labute approximate surface area is 145 Å². The number of hydrogen-bond donors (Lipinski definition) is 2. The summed E-state index contributed by atoms with van der Waals surface area (Å²) in [5, 5.41) is 2.75. The Bertz CT molecular complexity index is 515. The average molecular weight is 334 g/mol. The maximum Gasteiger partial charge on any atom is 0.328 e. The normalized spacial score (nSPS) is 13.6. The van der Waals surface area contributed by atoms with Crippen molar-refractivity contribution in [2.24, 2.45) is 17.6 Å².